The Morgan fingerprint density at radius 3 is 2.11 bits per heavy atom. The number of halogens is 2. The van der Waals surface area contributed by atoms with E-state index >= 15 is 0 Å². The fraction of sp³-hybridized carbons (Fsp3) is 0. The lowest BCUT2D eigenvalue weighted by atomic mass is 9.92. The molecule has 0 aliphatic carbocycles. The van der Waals surface area contributed by atoms with Crippen LogP contribution in [0.4, 0.5) is 4.32 Å². The Labute approximate surface area is 67.5 Å². The van der Waals surface area contributed by atoms with Gasteiger partial charge in [-0.15, -0.1) is 0 Å². The minimum Gasteiger partial charge on any atom is -0.314 e. The highest BCUT2D eigenvalue weighted by molar-refractivity contribution is 14.1. The third kappa shape index (κ3) is 1.97. The summed E-state index contributed by atoms with van der Waals surface area (Å²) in [4.78, 5) is -0.871. The maximum absolute atomic E-state index is 12.4. The molecule has 0 aromatic heterocycles. The summed E-state index contributed by atoms with van der Waals surface area (Å²) >= 11 is 1.74. The van der Waals surface area contributed by atoms with Crippen molar-refractivity contribution in [3.8, 4) is 0 Å². The molecule has 0 atom stereocenters. The van der Waals surface area contributed by atoms with Gasteiger partial charge in [0.2, 0.25) is 0 Å². The molecule has 0 radical (unpaired) electrons. The molecular weight excluding hydrogens is 229 g/mol. The van der Waals surface area contributed by atoms with E-state index in [1.54, 1.807) is 34.5 Å². The topological polar surface area (TPSA) is 0 Å². The summed E-state index contributed by atoms with van der Waals surface area (Å²) in [7, 11) is 0. The van der Waals surface area contributed by atoms with E-state index < -0.39 is 4.85 Å². The average molecular weight is 234 g/mol. The van der Waals surface area contributed by atoms with E-state index in [1.165, 1.54) is 0 Å². The first-order chi connectivity index (χ1) is 4.30. The minimum absolute atomic E-state index is 0.734. The first kappa shape index (κ1) is 7.06. The zero-order chi connectivity index (χ0) is 6.69. The van der Waals surface area contributed by atoms with Gasteiger partial charge in [-0.1, -0.05) is 52.7 Å². The van der Waals surface area contributed by atoms with Crippen LogP contribution in [0.2, 0.25) is 0 Å². The van der Waals surface area contributed by atoms with Crippen molar-refractivity contribution in [3.05, 3.63) is 30.3 Å². The van der Waals surface area contributed by atoms with E-state index in [9.17, 15) is 4.32 Å². The highest BCUT2D eigenvalue weighted by Gasteiger charge is 2.08. The normalized spacial score (nSPS) is 9.11. The Bertz CT molecular complexity index is 176. The zero-order valence-electron chi connectivity index (χ0n) is 4.72. The number of benzene rings is 1. The van der Waals surface area contributed by atoms with Crippen LogP contribution in [0.25, 0.3) is 0 Å². The Morgan fingerprint density at radius 1 is 1.22 bits per heavy atom. The fourth-order valence-electron chi connectivity index (χ4n) is 0.599. The highest BCUT2D eigenvalue weighted by atomic mass is 127. The third-order valence-electron chi connectivity index (χ3n) is 1.05. The van der Waals surface area contributed by atoms with Crippen molar-refractivity contribution in [2.45, 2.75) is 0 Å². The summed E-state index contributed by atoms with van der Waals surface area (Å²) in [5, 5.41) is 0. The Balaban J connectivity index is 2.85. The van der Waals surface area contributed by atoms with Gasteiger partial charge in [-0.3, -0.25) is 0 Å². The van der Waals surface area contributed by atoms with Crippen molar-refractivity contribution in [1.29, 1.82) is 0 Å². The van der Waals surface area contributed by atoms with E-state index in [1.807, 2.05) is 18.2 Å². The van der Waals surface area contributed by atoms with Crippen LogP contribution in [0.15, 0.2) is 30.3 Å². The van der Waals surface area contributed by atoms with Crippen LogP contribution in [0.1, 0.15) is 0 Å². The second-order valence-electron chi connectivity index (χ2n) is 1.71. The molecule has 1 aromatic carbocycles. The smallest absolute Gasteiger partial charge is 0.314 e. The summed E-state index contributed by atoms with van der Waals surface area (Å²) in [6, 6.07) is 9.10. The lowest BCUT2D eigenvalue weighted by molar-refractivity contribution is 0.881. The predicted octanol–water partition coefficient (Wildman–Crippen LogP) is 1.79. The second kappa shape index (κ2) is 3.20. The van der Waals surface area contributed by atoms with Crippen molar-refractivity contribution in [3.63, 3.8) is 0 Å². The molecule has 0 heterocycles. The molecule has 0 bridgehead atoms. The van der Waals surface area contributed by atoms with Gasteiger partial charge in [0.25, 0.3) is 0 Å². The monoisotopic (exact) mass is 234 g/mol. The largest absolute Gasteiger partial charge is 0.448 e. The molecule has 0 unspecified atom stereocenters. The summed E-state index contributed by atoms with van der Waals surface area (Å²) in [5.41, 5.74) is 0.734. The standard InChI is InChI=1S/C6H5BFI/c8-7(9)6-4-2-1-3-5-6/h1-5H. The lowest BCUT2D eigenvalue weighted by Gasteiger charge is -1.92. The van der Waals surface area contributed by atoms with Gasteiger partial charge in [-0.05, 0) is 5.46 Å². The molecule has 0 aliphatic heterocycles. The molecule has 1 aromatic rings. The van der Waals surface area contributed by atoms with Crippen molar-refractivity contribution in [2.24, 2.45) is 0 Å². The number of rotatable bonds is 1. The van der Waals surface area contributed by atoms with Gasteiger partial charge < -0.3 is 4.32 Å². The molecule has 1 rings (SSSR count). The third-order valence-corrected chi connectivity index (χ3v) is 1.77. The molecule has 0 fully saturated rings. The summed E-state index contributed by atoms with van der Waals surface area (Å²) < 4.78 is 12.4. The van der Waals surface area contributed by atoms with E-state index in [-0.39, 0.29) is 0 Å². The summed E-state index contributed by atoms with van der Waals surface area (Å²) in [5.74, 6) is 0. The van der Waals surface area contributed by atoms with Gasteiger partial charge in [-0.2, -0.15) is 0 Å². The van der Waals surface area contributed by atoms with E-state index in [0.717, 1.165) is 5.46 Å². The first-order valence-corrected chi connectivity index (χ1v) is 3.88. The molecular formula is C6H5BFI. The molecule has 0 saturated heterocycles. The van der Waals surface area contributed by atoms with Crippen LogP contribution >= 0.6 is 22.4 Å². The fourth-order valence-corrected chi connectivity index (χ4v) is 1.01. The SMILES string of the molecule is FB(I)c1ccccc1. The van der Waals surface area contributed by atoms with Crippen molar-refractivity contribution in [1.82, 2.24) is 0 Å². The second-order valence-corrected chi connectivity index (χ2v) is 2.81. The Kier molecular flexibility index (Phi) is 2.51. The molecule has 0 spiro atoms. The maximum atomic E-state index is 12.4. The first-order valence-electron chi connectivity index (χ1n) is 2.64. The molecule has 3 heteroatoms. The molecule has 0 amide bonds. The Morgan fingerprint density at radius 2 is 1.78 bits per heavy atom. The molecule has 0 nitrogen and oxygen atoms in total. The molecule has 9 heavy (non-hydrogen) atoms. The molecule has 0 N–H and O–H groups in total. The van der Waals surface area contributed by atoms with Gasteiger partial charge in [0, 0.05) is 0 Å². The van der Waals surface area contributed by atoms with Crippen molar-refractivity contribution >= 4 is 32.7 Å². The predicted molar refractivity (Wildman–Crippen MR) is 47.0 cm³/mol. The van der Waals surface area contributed by atoms with Gasteiger partial charge >= 0.3 is 4.85 Å². The van der Waals surface area contributed by atoms with Gasteiger partial charge in [0.15, 0.2) is 0 Å². The average Bonchev–Trinajstić information content (AvgIpc) is 1.90. The van der Waals surface area contributed by atoms with E-state index in [4.69, 9.17) is 0 Å². The quantitative estimate of drug-likeness (QED) is 0.513. The summed E-state index contributed by atoms with van der Waals surface area (Å²) in [6.45, 7) is 0. The van der Waals surface area contributed by atoms with Crippen molar-refractivity contribution in [2.75, 3.05) is 0 Å². The minimum atomic E-state index is -0.871. The zero-order valence-corrected chi connectivity index (χ0v) is 6.88. The van der Waals surface area contributed by atoms with Gasteiger partial charge in [-0.25, -0.2) is 0 Å². The van der Waals surface area contributed by atoms with Gasteiger partial charge in [0.05, 0.1) is 0 Å². The molecule has 0 saturated carbocycles. The van der Waals surface area contributed by atoms with Crippen molar-refractivity contribution < 1.29 is 4.32 Å². The van der Waals surface area contributed by atoms with Crippen LogP contribution in [-0.2, 0) is 0 Å². The lowest BCUT2D eigenvalue weighted by Crippen LogP contribution is -2.16. The summed E-state index contributed by atoms with van der Waals surface area (Å²) in [6.07, 6.45) is 0. The molecule has 46 valence electrons. The molecule has 0 aliphatic rings. The van der Waals surface area contributed by atoms with Crippen LogP contribution in [0, 0.1) is 0 Å². The van der Waals surface area contributed by atoms with Crippen LogP contribution < -0.4 is 5.46 Å². The maximum Gasteiger partial charge on any atom is 0.448 e. The van der Waals surface area contributed by atoms with Crippen LogP contribution in [0.3, 0.4) is 0 Å². The van der Waals surface area contributed by atoms with E-state index in [0.29, 0.717) is 0 Å². The Hall–Kier alpha value is -0.0551. The van der Waals surface area contributed by atoms with Crippen LogP contribution in [0.5, 0.6) is 0 Å². The number of hydrogen-bond acceptors (Lipinski definition) is 0. The number of hydrogen-bond donors (Lipinski definition) is 0. The van der Waals surface area contributed by atoms with E-state index in [2.05, 4.69) is 0 Å². The van der Waals surface area contributed by atoms with Gasteiger partial charge in [0.1, 0.15) is 0 Å². The van der Waals surface area contributed by atoms with Crippen LogP contribution in [-0.4, -0.2) is 4.85 Å². The highest BCUT2D eigenvalue weighted by Crippen LogP contribution is 1.96.